The summed E-state index contributed by atoms with van der Waals surface area (Å²) in [5, 5.41) is 0. The molecule has 0 fully saturated rings. The fourth-order valence-corrected chi connectivity index (χ4v) is 3.93. The number of nitrogens with two attached hydrogens (primary N) is 1. The van der Waals surface area contributed by atoms with E-state index in [4.69, 9.17) is 5.73 Å². The van der Waals surface area contributed by atoms with Gasteiger partial charge in [-0.15, -0.1) is 0 Å². The highest BCUT2D eigenvalue weighted by Crippen LogP contribution is 2.21. The maximum atomic E-state index is 12.4. The molecule has 0 spiro atoms. The first-order valence-electron chi connectivity index (χ1n) is 6.58. The zero-order chi connectivity index (χ0) is 13.9. The van der Waals surface area contributed by atoms with Crippen LogP contribution in [0.3, 0.4) is 0 Å². The van der Waals surface area contributed by atoms with Gasteiger partial charge in [0.1, 0.15) is 0 Å². The van der Waals surface area contributed by atoms with E-state index in [2.05, 4.69) is 10.8 Å². The molecular weight excluding hydrogens is 260 g/mol. The first-order valence-corrected chi connectivity index (χ1v) is 8.07. The molecule has 19 heavy (non-hydrogen) atoms. The maximum absolute atomic E-state index is 12.4. The minimum absolute atomic E-state index is 0.0128. The third-order valence-electron chi connectivity index (χ3n) is 3.35. The summed E-state index contributed by atoms with van der Waals surface area (Å²) in [7, 11) is -3.49. The molecule has 0 bridgehead atoms. The lowest BCUT2D eigenvalue weighted by Crippen LogP contribution is -2.35. The molecule has 1 aliphatic rings. The zero-order valence-corrected chi connectivity index (χ0v) is 11.9. The summed E-state index contributed by atoms with van der Waals surface area (Å²) in [6.07, 6.45) is 7.30. The quantitative estimate of drug-likeness (QED) is 0.656. The number of hydrogen-bond donors (Lipinski definition) is 2. The highest BCUT2D eigenvalue weighted by atomic mass is 32.2. The normalized spacial score (nSPS) is 19.5. The molecule has 1 aliphatic carbocycles. The van der Waals surface area contributed by atoms with Crippen molar-refractivity contribution in [1.29, 1.82) is 0 Å². The summed E-state index contributed by atoms with van der Waals surface area (Å²) < 4.78 is 27.7. The van der Waals surface area contributed by atoms with Crippen molar-refractivity contribution < 1.29 is 8.42 Å². The summed E-state index contributed by atoms with van der Waals surface area (Å²) in [6, 6.07) is 5.05. The molecule has 0 aliphatic heterocycles. The molecule has 0 saturated heterocycles. The van der Waals surface area contributed by atoms with E-state index in [1.54, 1.807) is 18.2 Å². The van der Waals surface area contributed by atoms with E-state index >= 15 is 0 Å². The van der Waals surface area contributed by atoms with Gasteiger partial charge in [-0.3, -0.25) is 0 Å². The number of sulfonamides is 1. The average Bonchev–Trinajstić information content (AvgIpc) is 2.39. The van der Waals surface area contributed by atoms with Crippen molar-refractivity contribution in [2.45, 2.75) is 43.5 Å². The second-order valence-electron chi connectivity index (χ2n) is 4.82. The van der Waals surface area contributed by atoms with Crippen LogP contribution in [0.4, 0.5) is 5.69 Å². The fourth-order valence-electron chi connectivity index (χ4n) is 2.30. The Bertz CT molecular complexity index is 579. The van der Waals surface area contributed by atoms with Crippen LogP contribution in [0.2, 0.25) is 0 Å². The number of hydrogen-bond acceptors (Lipinski definition) is 3. The fraction of sp³-hybridized carbons (Fsp3) is 0.429. The zero-order valence-electron chi connectivity index (χ0n) is 11.1. The van der Waals surface area contributed by atoms with Gasteiger partial charge in [0.25, 0.3) is 0 Å². The van der Waals surface area contributed by atoms with Gasteiger partial charge in [0.05, 0.1) is 4.90 Å². The Labute approximate surface area is 114 Å². The standard InChI is InChI=1S/C14H20N2O2S/c1-2-11-8-9-12(15)10-14(11)19(17,18)16-13-6-4-3-5-7-13/h3-4,8-10,13,16H,2,5-7,15H2,1H3. The second-order valence-corrected chi connectivity index (χ2v) is 6.51. The Balaban J connectivity index is 2.28. The predicted molar refractivity (Wildman–Crippen MR) is 77.3 cm³/mol. The Hall–Kier alpha value is -1.33. The Morgan fingerprint density at radius 3 is 2.79 bits per heavy atom. The number of nitrogens with one attached hydrogen (secondary N) is 1. The summed E-state index contributed by atoms with van der Waals surface area (Å²) in [6.45, 7) is 1.94. The molecule has 1 unspecified atom stereocenters. The lowest BCUT2D eigenvalue weighted by Gasteiger charge is -2.20. The van der Waals surface area contributed by atoms with Gasteiger partial charge >= 0.3 is 0 Å². The molecule has 4 nitrogen and oxygen atoms in total. The molecule has 1 aromatic rings. The smallest absolute Gasteiger partial charge is 0.241 e. The van der Waals surface area contributed by atoms with E-state index in [9.17, 15) is 8.42 Å². The molecule has 104 valence electrons. The average molecular weight is 280 g/mol. The molecular formula is C14H20N2O2S. The van der Waals surface area contributed by atoms with Gasteiger partial charge in [-0.25, -0.2) is 13.1 Å². The number of anilines is 1. The van der Waals surface area contributed by atoms with Crippen LogP contribution in [-0.2, 0) is 16.4 Å². The van der Waals surface area contributed by atoms with Crippen LogP contribution in [-0.4, -0.2) is 14.5 Å². The third kappa shape index (κ3) is 3.36. The molecule has 0 amide bonds. The van der Waals surface area contributed by atoms with Gasteiger partial charge < -0.3 is 5.73 Å². The molecule has 1 atom stereocenters. The van der Waals surface area contributed by atoms with Gasteiger partial charge in [-0.05, 0) is 43.4 Å². The van der Waals surface area contributed by atoms with Crippen molar-refractivity contribution >= 4 is 15.7 Å². The van der Waals surface area contributed by atoms with E-state index in [0.29, 0.717) is 17.0 Å². The van der Waals surface area contributed by atoms with E-state index in [0.717, 1.165) is 24.8 Å². The van der Waals surface area contributed by atoms with Crippen molar-refractivity contribution in [3.63, 3.8) is 0 Å². The Morgan fingerprint density at radius 2 is 2.16 bits per heavy atom. The molecule has 0 radical (unpaired) electrons. The summed E-state index contributed by atoms with van der Waals surface area (Å²) >= 11 is 0. The molecule has 0 aromatic heterocycles. The van der Waals surface area contributed by atoms with Gasteiger partial charge in [-0.1, -0.05) is 25.1 Å². The van der Waals surface area contributed by atoms with Crippen molar-refractivity contribution in [3.8, 4) is 0 Å². The first kappa shape index (κ1) is 14.1. The SMILES string of the molecule is CCc1ccc(N)cc1S(=O)(=O)NC1CC=CCC1. The topological polar surface area (TPSA) is 72.2 Å². The van der Waals surface area contributed by atoms with Crippen LogP contribution in [0.1, 0.15) is 31.7 Å². The van der Waals surface area contributed by atoms with Crippen LogP contribution < -0.4 is 10.5 Å². The number of aryl methyl sites for hydroxylation is 1. The van der Waals surface area contributed by atoms with Crippen molar-refractivity contribution in [2.75, 3.05) is 5.73 Å². The van der Waals surface area contributed by atoms with Crippen LogP contribution >= 0.6 is 0 Å². The summed E-state index contributed by atoms with van der Waals surface area (Å²) in [5.41, 5.74) is 6.98. The van der Waals surface area contributed by atoms with Crippen molar-refractivity contribution in [1.82, 2.24) is 4.72 Å². The lowest BCUT2D eigenvalue weighted by atomic mass is 10.0. The highest BCUT2D eigenvalue weighted by Gasteiger charge is 2.22. The first-order chi connectivity index (χ1) is 9.03. The lowest BCUT2D eigenvalue weighted by molar-refractivity contribution is 0.522. The van der Waals surface area contributed by atoms with Gasteiger partial charge in [0, 0.05) is 11.7 Å². The minimum atomic E-state index is -3.49. The van der Waals surface area contributed by atoms with E-state index in [1.807, 2.05) is 13.0 Å². The molecule has 2 rings (SSSR count). The molecule has 3 N–H and O–H groups in total. The second kappa shape index (κ2) is 5.75. The maximum Gasteiger partial charge on any atom is 0.241 e. The predicted octanol–water partition coefficient (Wildman–Crippen LogP) is 2.22. The third-order valence-corrected chi connectivity index (χ3v) is 4.96. The monoisotopic (exact) mass is 280 g/mol. The van der Waals surface area contributed by atoms with Crippen LogP contribution in [0.5, 0.6) is 0 Å². The van der Waals surface area contributed by atoms with E-state index in [-0.39, 0.29) is 6.04 Å². The number of nitrogen functional groups attached to an aromatic ring is 1. The van der Waals surface area contributed by atoms with Crippen molar-refractivity contribution in [3.05, 3.63) is 35.9 Å². The van der Waals surface area contributed by atoms with E-state index < -0.39 is 10.0 Å². The van der Waals surface area contributed by atoms with Gasteiger partial charge in [0.15, 0.2) is 0 Å². The Kier molecular flexibility index (Phi) is 4.27. The number of rotatable bonds is 4. The summed E-state index contributed by atoms with van der Waals surface area (Å²) in [4.78, 5) is 0.310. The largest absolute Gasteiger partial charge is 0.399 e. The molecule has 0 heterocycles. The highest BCUT2D eigenvalue weighted by molar-refractivity contribution is 7.89. The number of benzene rings is 1. The molecule has 0 saturated carbocycles. The summed E-state index contributed by atoms with van der Waals surface area (Å²) in [5.74, 6) is 0. The van der Waals surface area contributed by atoms with Gasteiger partial charge in [0.2, 0.25) is 10.0 Å². The Morgan fingerprint density at radius 1 is 1.37 bits per heavy atom. The molecule has 5 heteroatoms. The van der Waals surface area contributed by atoms with Crippen LogP contribution in [0.15, 0.2) is 35.2 Å². The molecule has 1 aromatic carbocycles. The van der Waals surface area contributed by atoms with E-state index in [1.165, 1.54) is 0 Å². The number of allylic oxidation sites excluding steroid dienone is 1. The van der Waals surface area contributed by atoms with Crippen LogP contribution in [0.25, 0.3) is 0 Å². The van der Waals surface area contributed by atoms with Crippen LogP contribution in [0, 0.1) is 0 Å². The minimum Gasteiger partial charge on any atom is -0.399 e. The van der Waals surface area contributed by atoms with Gasteiger partial charge in [-0.2, -0.15) is 0 Å². The van der Waals surface area contributed by atoms with Crippen molar-refractivity contribution in [2.24, 2.45) is 0 Å².